The highest BCUT2D eigenvalue weighted by atomic mass is 16.3. The molecule has 2 aromatic rings. The highest BCUT2D eigenvalue weighted by Crippen LogP contribution is 2.30. The number of aromatic hydroxyl groups is 1. The van der Waals surface area contributed by atoms with Crippen molar-refractivity contribution >= 4 is 5.91 Å². The predicted molar refractivity (Wildman–Crippen MR) is 71.5 cm³/mol. The Balaban J connectivity index is 2.64. The van der Waals surface area contributed by atoms with E-state index in [4.69, 9.17) is 5.73 Å². The van der Waals surface area contributed by atoms with Crippen LogP contribution in [0.15, 0.2) is 36.4 Å². The van der Waals surface area contributed by atoms with Crippen molar-refractivity contribution in [3.05, 3.63) is 53.1 Å². The van der Waals surface area contributed by atoms with Crippen molar-refractivity contribution in [1.29, 1.82) is 0 Å². The number of phenolic OH excluding ortho intramolecular Hbond substituents is 1. The van der Waals surface area contributed by atoms with E-state index in [1.54, 1.807) is 18.2 Å². The number of rotatable bonds is 2. The van der Waals surface area contributed by atoms with E-state index < -0.39 is 5.91 Å². The molecule has 3 N–H and O–H groups in total. The molecule has 3 nitrogen and oxygen atoms in total. The van der Waals surface area contributed by atoms with Gasteiger partial charge in [0.05, 0.1) is 0 Å². The molecule has 92 valence electrons. The van der Waals surface area contributed by atoms with E-state index in [0.717, 1.165) is 22.3 Å². The van der Waals surface area contributed by atoms with Crippen LogP contribution in [0.25, 0.3) is 11.1 Å². The minimum atomic E-state index is -0.425. The highest BCUT2D eigenvalue weighted by molar-refractivity contribution is 5.96. The van der Waals surface area contributed by atoms with Crippen LogP contribution in [-0.4, -0.2) is 11.0 Å². The summed E-state index contributed by atoms with van der Waals surface area (Å²) in [7, 11) is 0. The van der Waals surface area contributed by atoms with Crippen LogP contribution in [0.3, 0.4) is 0 Å². The molecule has 0 radical (unpaired) electrons. The van der Waals surface area contributed by atoms with Gasteiger partial charge >= 0.3 is 0 Å². The molecule has 0 aliphatic rings. The van der Waals surface area contributed by atoms with Gasteiger partial charge in [-0.3, -0.25) is 4.79 Å². The number of hydrogen-bond acceptors (Lipinski definition) is 2. The van der Waals surface area contributed by atoms with Gasteiger partial charge in [-0.2, -0.15) is 0 Å². The summed E-state index contributed by atoms with van der Waals surface area (Å²) in [6.45, 7) is 3.80. The smallest absolute Gasteiger partial charge is 0.248 e. The maximum Gasteiger partial charge on any atom is 0.248 e. The lowest BCUT2D eigenvalue weighted by molar-refractivity contribution is 0.1000. The Labute approximate surface area is 106 Å². The van der Waals surface area contributed by atoms with Crippen LogP contribution in [0.4, 0.5) is 0 Å². The quantitative estimate of drug-likeness (QED) is 0.849. The highest BCUT2D eigenvalue weighted by Gasteiger charge is 2.11. The Bertz CT molecular complexity index is 618. The second-order valence-corrected chi connectivity index (χ2v) is 4.34. The molecule has 1 amide bonds. The molecule has 0 saturated carbocycles. The first-order valence-corrected chi connectivity index (χ1v) is 5.70. The Morgan fingerprint density at radius 3 is 2.44 bits per heavy atom. The molecule has 0 heterocycles. The van der Waals surface area contributed by atoms with Crippen molar-refractivity contribution < 1.29 is 9.90 Å². The number of carbonyl (C=O) groups is 1. The maximum atomic E-state index is 11.3. The van der Waals surface area contributed by atoms with E-state index >= 15 is 0 Å². The van der Waals surface area contributed by atoms with E-state index in [1.807, 2.05) is 32.0 Å². The van der Waals surface area contributed by atoms with Crippen molar-refractivity contribution in [3.8, 4) is 16.9 Å². The van der Waals surface area contributed by atoms with Gasteiger partial charge in [0.1, 0.15) is 5.75 Å². The van der Waals surface area contributed by atoms with Crippen molar-refractivity contribution in [2.75, 3.05) is 0 Å². The summed E-state index contributed by atoms with van der Waals surface area (Å²) in [5.41, 5.74) is 9.65. The summed E-state index contributed by atoms with van der Waals surface area (Å²) in [6.07, 6.45) is 0. The predicted octanol–water partition coefficient (Wildman–Crippen LogP) is 2.77. The van der Waals surface area contributed by atoms with Crippen LogP contribution in [0.5, 0.6) is 5.75 Å². The minimum Gasteiger partial charge on any atom is -0.508 e. The van der Waals surface area contributed by atoms with Crippen molar-refractivity contribution in [1.82, 2.24) is 0 Å². The third-order valence-corrected chi connectivity index (χ3v) is 3.10. The fourth-order valence-corrected chi connectivity index (χ4v) is 2.14. The number of phenols is 1. The molecular weight excluding hydrogens is 226 g/mol. The third kappa shape index (κ3) is 2.07. The van der Waals surface area contributed by atoms with E-state index in [0.29, 0.717) is 5.56 Å². The van der Waals surface area contributed by atoms with E-state index in [2.05, 4.69) is 0 Å². The first kappa shape index (κ1) is 12.2. The number of benzene rings is 2. The average molecular weight is 241 g/mol. The molecule has 18 heavy (non-hydrogen) atoms. The second kappa shape index (κ2) is 4.53. The molecule has 2 aromatic carbocycles. The van der Waals surface area contributed by atoms with Gasteiger partial charge in [0, 0.05) is 5.56 Å². The van der Waals surface area contributed by atoms with Crippen LogP contribution in [0.2, 0.25) is 0 Å². The summed E-state index contributed by atoms with van der Waals surface area (Å²) < 4.78 is 0. The molecule has 0 aliphatic carbocycles. The first-order valence-electron chi connectivity index (χ1n) is 5.70. The first-order chi connectivity index (χ1) is 8.50. The minimum absolute atomic E-state index is 0.236. The molecule has 0 spiro atoms. The number of amides is 1. The molecule has 3 heteroatoms. The number of aryl methyl sites for hydroxylation is 1. The summed E-state index contributed by atoms with van der Waals surface area (Å²) in [5, 5.41) is 9.42. The lowest BCUT2D eigenvalue weighted by atomic mass is 9.93. The van der Waals surface area contributed by atoms with Gasteiger partial charge in [0.25, 0.3) is 0 Å². The van der Waals surface area contributed by atoms with Crippen LogP contribution in [0.1, 0.15) is 21.5 Å². The molecule has 0 unspecified atom stereocenters. The van der Waals surface area contributed by atoms with Gasteiger partial charge in [-0.15, -0.1) is 0 Å². The van der Waals surface area contributed by atoms with Crippen LogP contribution >= 0.6 is 0 Å². The fraction of sp³-hybridized carbons (Fsp3) is 0.133. The summed E-state index contributed by atoms with van der Waals surface area (Å²) >= 11 is 0. The SMILES string of the molecule is Cc1cc(O)ccc1-c1cccc(C(N)=O)c1C. The lowest BCUT2D eigenvalue weighted by Gasteiger charge is -2.12. The zero-order chi connectivity index (χ0) is 13.3. The Kier molecular flexibility index (Phi) is 3.06. The number of hydrogen-bond donors (Lipinski definition) is 2. The number of carbonyl (C=O) groups excluding carboxylic acids is 1. The molecule has 0 saturated heterocycles. The normalized spacial score (nSPS) is 10.3. The average Bonchev–Trinajstić information content (AvgIpc) is 2.30. The summed E-state index contributed by atoms with van der Waals surface area (Å²) in [4.78, 5) is 11.3. The second-order valence-electron chi connectivity index (χ2n) is 4.34. The number of primary amides is 1. The van der Waals surface area contributed by atoms with Crippen molar-refractivity contribution in [3.63, 3.8) is 0 Å². The largest absolute Gasteiger partial charge is 0.508 e. The Morgan fingerprint density at radius 1 is 1.11 bits per heavy atom. The number of nitrogens with two attached hydrogens (primary N) is 1. The van der Waals surface area contributed by atoms with Crippen LogP contribution in [-0.2, 0) is 0 Å². The lowest BCUT2D eigenvalue weighted by Crippen LogP contribution is -2.13. The van der Waals surface area contributed by atoms with Crippen molar-refractivity contribution in [2.45, 2.75) is 13.8 Å². The zero-order valence-electron chi connectivity index (χ0n) is 10.4. The molecule has 0 bridgehead atoms. The van der Waals surface area contributed by atoms with Gasteiger partial charge < -0.3 is 10.8 Å². The van der Waals surface area contributed by atoms with Gasteiger partial charge in [0.15, 0.2) is 0 Å². The molecular formula is C15H15NO2. The molecule has 0 aromatic heterocycles. The summed E-state index contributed by atoms with van der Waals surface area (Å²) in [6, 6.07) is 10.7. The van der Waals surface area contributed by atoms with Gasteiger partial charge in [0.2, 0.25) is 5.91 Å². The van der Waals surface area contributed by atoms with E-state index in [-0.39, 0.29) is 5.75 Å². The van der Waals surface area contributed by atoms with Gasteiger partial charge in [-0.05, 0) is 54.3 Å². The molecule has 2 rings (SSSR count). The van der Waals surface area contributed by atoms with Crippen molar-refractivity contribution in [2.24, 2.45) is 5.73 Å². The fourth-order valence-electron chi connectivity index (χ4n) is 2.14. The standard InChI is InChI=1S/C15H15NO2/c1-9-8-11(17)6-7-12(9)13-4-3-5-14(10(13)2)15(16)18/h3-8,17H,1-2H3,(H2,16,18). The topological polar surface area (TPSA) is 63.3 Å². The van der Waals surface area contributed by atoms with Gasteiger partial charge in [-0.1, -0.05) is 18.2 Å². The zero-order valence-corrected chi connectivity index (χ0v) is 10.4. The monoisotopic (exact) mass is 241 g/mol. The maximum absolute atomic E-state index is 11.3. The van der Waals surface area contributed by atoms with E-state index in [1.165, 1.54) is 0 Å². The Morgan fingerprint density at radius 2 is 1.83 bits per heavy atom. The van der Waals surface area contributed by atoms with Gasteiger partial charge in [-0.25, -0.2) is 0 Å². The Hall–Kier alpha value is -2.29. The molecule has 0 atom stereocenters. The van der Waals surface area contributed by atoms with E-state index in [9.17, 15) is 9.90 Å². The molecule has 0 aliphatic heterocycles. The van der Waals surface area contributed by atoms with Crippen LogP contribution < -0.4 is 5.73 Å². The third-order valence-electron chi connectivity index (χ3n) is 3.10. The molecule has 0 fully saturated rings. The van der Waals surface area contributed by atoms with Crippen LogP contribution in [0, 0.1) is 13.8 Å². The summed E-state index contributed by atoms with van der Waals surface area (Å²) in [5.74, 6) is -0.189.